The van der Waals surface area contributed by atoms with Gasteiger partial charge in [-0.3, -0.25) is 9.69 Å². The summed E-state index contributed by atoms with van der Waals surface area (Å²) in [7, 11) is 0. The molecule has 5 heteroatoms. The van der Waals surface area contributed by atoms with Gasteiger partial charge in [0.1, 0.15) is 0 Å². The molecule has 116 valence electrons. The number of nitrogens with zero attached hydrogens (tertiary/aromatic N) is 1. The van der Waals surface area contributed by atoms with Gasteiger partial charge in [0, 0.05) is 5.69 Å². The fraction of sp³-hybridized carbons (Fsp3) is 0.562. The second-order valence-electron chi connectivity index (χ2n) is 6.01. The van der Waals surface area contributed by atoms with Gasteiger partial charge in [-0.25, -0.2) is 0 Å². The maximum atomic E-state index is 12.6. The lowest BCUT2D eigenvalue weighted by Crippen LogP contribution is -2.49. The molecule has 1 amide bonds. The summed E-state index contributed by atoms with van der Waals surface area (Å²) in [5.41, 5.74) is 6.96. The Labute approximate surface area is 131 Å². The third-order valence-corrected chi connectivity index (χ3v) is 4.29. The van der Waals surface area contributed by atoms with Crippen LogP contribution in [-0.2, 0) is 4.79 Å². The zero-order valence-electron chi connectivity index (χ0n) is 12.7. The summed E-state index contributed by atoms with van der Waals surface area (Å²) in [4.78, 5) is 14.9. The van der Waals surface area contributed by atoms with Crippen molar-refractivity contribution in [2.45, 2.75) is 39.2 Å². The molecule has 1 aromatic carbocycles. The first-order valence-corrected chi connectivity index (χ1v) is 7.97. The topological polar surface area (TPSA) is 58.4 Å². The molecule has 0 bridgehead atoms. The van der Waals surface area contributed by atoms with E-state index in [4.69, 9.17) is 17.3 Å². The Morgan fingerprint density at radius 2 is 1.95 bits per heavy atom. The lowest BCUT2D eigenvalue weighted by Gasteiger charge is -2.35. The number of carbonyl (C=O) groups is 1. The Kier molecular flexibility index (Phi) is 5.48. The molecule has 0 aromatic heterocycles. The van der Waals surface area contributed by atoms with Crippen LogP contribution in [-0.4, -0.2) is 29.9 Å². The van der Waals surface area contributed by atoms with Gasteiger partial charge in [-0.2, -0.15) is 0 Å². The minimum atomic E-state index is -0.0952. The van der Waals surface area contributed by atoms with Gasteiger partial charge in [-0.15, -0.1) is 0 Å². The fourth-order valence-electron chi connectivity index (χ4n) is 2.92. The molecule has 1 aliphatic heterocycles. The minimum Gasteiger partial charge on any atom is -0.397 e. The van der Waals surface area contributed by atoms with Crippen molar-refractivity contribution in [1.82, 2.24) is 4.90 Å². The molecule has 21 heavy (non-hydrogen) atoms. The standard InChI is InChI=1S/C16H24ClN3O/c1-11(2)15(20-8-4-3-5-9-20)16(21)19-12-6-7-13(17)14(18)10-12/h6-7,10-11,15H,3-5,8-9,18H2,1-2H3,(H,19,21). The molecule has 1 heterocycles. The molecule has 1 fully saturated rings. The van der Waals surface area contributed by atoms with E-state index in [-0.39, 0.29) is 17.9 Å². The molecule has 1 saturated heterocycles. The summed E-state index contributed by atoms with van der Waals surface area (Å²) < 4.78 is 0. The van der Waals surface area contributed by atoms with Crippen molar-refractivity contribution in [3.8, 4) is 0 Å². The zero-order valence-corrected chi connectivity index (χ0v) is 13.5. The van der Waals surface area contributed by atoms with Crippen LogP contribution in [0.5, 0.6) is 0 Å². The maximum absolute atomic E-state index is 12.6. The first-order chi connectivity index (χ1) is 9.99. The largest absolute Gasteiger partial charge is 0.397 e. The number of carbonyl (C=O) groups excluding carboxylic acids is 1. The van der Waals surface area contributed by atoms with E-state index < -0.39 is 0 Å². The molecular weight excluding hydrogens is 286 g/mol. The quantitative estimate of drug-likeness (QED) is 0.838. The number of nitrogens with one attached hydrogen (secondary N) is 1. The van der Waals surface area contributed by atoms with Gasteiger partial charge in [0.15, 0.2) is 0 Å². The van der Waals surface area contributed by atoms with Crippen molar-refractivity contribution < 1.29 is 4.79 Å². The predicted molar refractivity (Wildman–Crippen MR) is 88.5 cm³/mol. The summed E-state index contributed by atoms with van der Waals surface area (Å²) in [6.07, 6.45) is 3.60. The van der Waals surface area contributed by atoms with Gasteiger partial charge >= 0.3 is 0 Å². The number of amides is 1. The van der Waals surface area contributed by atoms with Gasteiger partial charge in [0.05, 0.1) is 16.8 Å². The van der Waals surface area contributed by atoms with Crippen LogP contribution in [0, 0.1) is 5.92 Å². The molecule has 0 radical (unpaired) electrons. The molecule has 0 spiro atoms. The summed E-state index contributed by atoms with van der Waals surface area (Å²) in [6.45, 7) is 6.18. The monoisotopic (exact) mass is 309 g/mol. The van der Waals surface area contributed by atoms with Gasteiger partial charge in [-0.1, -0.05) is 31.9 Å². The van der Waals surface area contributed by atoms with E-state index in [9.17, 15) is 4.79 Å². The van der Waals surface area contributed by atoms with Crippen molar-refractivity contribution >= 4 is 28.9 Å². The molecule has 3 N–H and O–H groups in total. The summed E-state index contributed by atoms with van der Waals surface area (Å²) in [6, 6.07) is 5.10. The lowest BCUT2D eigenvalue weighted by molar-refractivity contribution is -0.123. The highest BCUT2D eigenvalue weighted by atomic mass is 35.5. The van der Waals surface area contributed by atoms with Gasteiger partial charge in [-0.05, 0) is 50.0 Å². The molecule has 1 aromatic rings. The molecule has 0 saturated carbocycles. The Balaban J connectivity index is 2.09. The first kappa shape index (κ1) is 16.1. The van der Waals surface area contributed by atoms with E-state index in [0.717, 1.165) is 13.1 Å². The number of hydrogen-bond donors (Lipinski definition) is 2. The van der Waals surface area contributed by atoms with Gasteiger partial charge in [0.25, 0.3) is 0 Å². The van der Waals surface area contributed by atoms with Gasteiger partial charge in [0.2, 0.25) is 5.91 Å². The number of hydrogen-bond acceptors (Lipinski definition) is 3. The van der Waals surface area contributed by atoms with Crippen molar-refractivity contribution in [3.05, 3.63) is 23.2 Å². The van der Waals surface area contributed by atoms with Crippen molar-refractivity contribution in [2.75, 3.05) is 24.1 Å². The van der Waals surface area contributed by atoms with Crippen LogP contribution in [0.3, 0.4) is 0 Å². The molecule has 0 aliphatic carbocycles. The van der Waals surface area contributed by atoms with Crippen LogP contribution in [0.2, 0.25) is 5.02 Å². The van der Waals surface area contributed by atoms with E-state index in [1.165, 1.54) is 19.3 Å². The van der Waals surface area contributed by atoms with E-state index in [2.05, 4.69) is 24.1 Å². The van der Waals surface area contributed by atoms with Gasteiger partial charge < -0.3 is 11.1 Å². The highest BCUT2D eigenvalue weighted by Crippen LogP contribution is 2.24. The molecule has 4 nitrogen and oxygen atoms in total. The molecule has 1 aliphatic rings. The lowest BCUT2D eigenvalue weighted by atomic mass is 9.98. The Morgan fingerprint density at radius 3 is 2.52 bits per heavy atom. The molecular formula is C16H24ClN3O. The van der Waals surface area contributed by atoms with Crippen LogP contribution < -0.4 is 11.1 Å². The Hall–Kier alpha value is -1.26. The minimum absolute atomic E-state index is 0.0358. The third-order valence-electron chi connectivity index (χ3n) is 3.95. The number of likely N-dealkylation sites (tertiary alicyclic amines) is 1. The first-order valence-electron chi connectivity index (χ1n) is 7.59. The second kappa shape index (κ2) is 7.14. The Morgan fingerprint density at radius 1 is 1.29 bits per heavy atom. The average molecular weight is 310 g/mol. The highest BCUT2D eigenvalue weighted by molar-refractivity contribution is 6.33. The highest BCUT2D eigenvalue weighted by Gasteiger charge is 2.29. The summed E-state index contributed by atoms with van der Waals surface area (Å²) in [5, 5.41) is 3.47. The van der Waals surface area contributed by atoms with Crippen molar-refractivity contribution in [1.29, 1.82) is 0 Å². The van der Waals surface area contributed by atoms with Crippen LogP contribution >= 0.6 is 11.6 Å². The van der Waals surface area contributed by atoms with Crippen LogP contribution in [0.4, 0.5) is 11.4 Å². The van der Waals surface area contributed by atoms with E-state index in [0.29, 0.717) is 16.4 Å². The molecule has 1 unspecified atom stereocenters. The normalized spacial score (nSPS) is 17.7. The second-order valence-corrected chi connectivity index (χ2v) is 6.42. The number of halogens is 1. The van der Waals surface area contributed by atoms with Crippen LogP contribution in [0.25, 0.3) is 0 Å². The van der Waals surface area contributed by atoms with Crippen molar-refractivity contribution in [3.63, 3.8) is 0 Å². The van der Waals surface area contributed by atoms with E-state index in [1.807, 2.05) is 0 Å². The smallest absolute Gasteiger partial charge is 0.241 e. The number of nitrogens with two attached hydrogens (primary N) is 1. The van der Waals surface area contributed by atoms with E-state index >= 15 is 0 Å². The summed E-state index contributed by atoms with van der Waals surface area (Å²) in [5.74, 6) is 0.307. The van der Waals surface area contributed by atoms with E-state index in [1.54, 1.807) is 18.2 Å². The number of benzene rings is 1. The molecule has 2 rings (SSSR count). The number of nitrogen functional groups attached to an aromatic ring is 1. The summed E-state index contributed by atoms with van der Waals surface area (Å²) >= 11 is 5.91. The zero-order chi connectivity index (χ0) is 15.4. The van der Waals surface area contributed by atoms with Crippen LogP contribution in [0.15, 0.2) is 18.2 Å². The number of anilines is 2. The molecule has 1 atom stereocenters. The van der Waals surface area contributed by atoms with Crippen LogP contribution in [0.1, 0.15) is 33.1 Å². The third kappa shape index (κ3) is 4.11. The number of rotatable bonds is 4. The maximum Gasteiger partial charge on any atom is 0.241 e. The average Bonchev–Trinajstić information content (AvgIpc) is 2.44. The fourth-order valence-corrected chi connectivity index (χ4v) is 3.04. The predicted octanol–water partition coefficient (Wildman–Crippen LogP) is 3.37. The van der Waals surface area contributed by atoms with Crippen molar-refractivity contribution in [2.24, 2.45) is 5.92 Å². The number of piperidine rings is 1. The SMILES string of the molecule is CC(C)C(C(=O)Nc1ccc(Cl)c(N)c1)N1CCCCC1. The Bertz CT molecular complexity index is 498.